The Morgan fingerprint density at radius 1 is 1.24 bits per heavy atom. The van der Waals surface area contributed by atoms with Gasteiger partial charge in [0.2, 0.25) is 15.9 Å². The van der Waals surface area contributed by atoms with E-state index in [9.17, 15) is 13.2 Å². The lowest BCUT2D eigenvalue weighted by Crippen LogP contribution is -2.41. The highest BCUT2D eigenvalue weighted by molar-refractivity contribution is 7.88. The Hall–Kier alpha value is -1.60. The minimum absolute atomic E-state index is 0.0159. The number of rotatable bonds is 7. The zero-order valence-electron chi connectivity index (χ0n) is 15.0. The van der Waals surface area contributed by atoms with Crippen molar-refractivity contribution in [1.82, 2.24) is 4.31 Å². The lowest BCUT2D eigenvalue weighted by molar-refractivity contribution is -0.116. The number of hydrogen-bond acceptors (Lipinski definition) is 4. The number of amides is 1. The molecular formula is C18H28N2O4S. The van der Waals surface area contributed by atoms with Gasteiger partial charge in [-0.2, -0.15) is 4.31 Å². The summed E-state index contributed by atoms with van der Waals surface area (Å²) in [5.74, 6) is 0.463. The second kappa shape index (κ2) is 9.20. The van der Waals surface area contributed by atoms with Crippen LogP contribution in [-0.2, 0) is 14.8 Å². The van der Waals surface area contributed by atoms with Crippen molar-refractivity contribution in [1.29, 1.82) is 0 Å². The number of sulfonamides is 1. The molecule has 0 aliphatic heterocycles. The molecule has 7 heteroatoms. The number of anilines is 1. The predicted molar refractivity (Wildman–Crippen MR) is 99.3 cm³/mol. The van der Waals surface area contributed by atoms with Gasteiger partial charge >= 0.3 is 0 Å². The van der Waals surface area contributed by atoms with Gasteiger partial charge in [-0.3, -0.25) is 4.79 Å². The summed E-state index contributed by atoms with van der Waals surface area (Å²) in [5, 5.41) is 2.80. The fourth-order valence-electron chi connectivity index (χ4n) is 3.30. The Balaban J connectivity index is 1.96. The molecule has 0 spiro atoms. The van der Waals surface area contributed by atoms with Gasteiger partial charge < -0.3 is 10.1 Å². The molecule has 6 nitrogen and oxygen atoms in total. The van der Waals surface area contributed by atoms with Crippen molar-refractivity contribution in [2.75, 3.05) is 25.2 Å². The molecule has 0 saturated heterocycles. The number of benzene rings is 1. The van der Waals surface area contributed by atoms with Crippen LogP contribution in [0, 0.1) is 0 Å². The van der Waals surface area contributed by atoms with Crippen LogP contribution in [-0.4, -0.2) is 44.6 Å². The number of methoxy groups -OCH3 is 1. The van der Waals surface area contributed by atoms with Gasteiger partial charge in [-0.25, -0.2) is 8.42 Å². The van der Waals surface area contributed by atoms with E-state index in [0.717, 1.165) is 38.5 Å². The molecule has 140 valence electrons. The summed E-state index contributed by atoms with van der Waals surface area (Å²) in [4.78, 5) is 12.2. The number of carbonyl (C=O) groups is 1. The van der Waals surface area contributed by atoms with Crippen molar-refractivity contribution in [3.05, 3.63) is 24.3 Å². The summed E-state index contributed by atoms with van der Waals surface area (Å²) in [6.45, 7) is 0.222. The average molecular weight is 368 g/mol. The zero-order chi connectivity index (χ0) is 18.3. The monoisotopic (exact) mass is 368 g/mol. The fourth-order valence-corrected chi connectivity index (χ4v) is 4.48. The third-order valence-electron chi connectivity index (χ3n) is 4.57. The maximum Gasteiger partial charge on any atom is 0.225 e. The summed E-state index contributed by atoms with van der Waals surface area (Å²) in [7, 11) is -1.76. The highest BCUT2D eigenvalue weighted by atomic mass is 32.2. The lowest BCUT2D eigenvalue weighted by atomic mass is 10.1. The molecule has 0 aromatic heterocycles. The molecule has 1 saturated carbocycles. The Kier molecular flexibility index (Phi) is 7.25. The van der Waals surface area contributed by atoms with E-state index in [4.69, 9.17) is 4.74 Å². The minimum Gasteiger partial charge on any atom is -0.497 e. The van der Waals surface area contributed by atoms with Gasteiger partial charge in [-0.15, -0.1) is 0 Å². The molecule has 1 aliphatic carbocycles. The van der Waals surface area contributed by atoms with E-state index in [0.29, 0.717) is 11.4 Å². The number of hydrogen-bond donors (Lipinski definition) is 1. The van der Waals surface area contributed by atoms with Crippen LogP contribution in [0.3, 0.4) is 0 Å². The minimum atomic E-state index is -3.33. The Labute approximate surface area is 150 Å². The Morgan fingerprint density at radius 2 is 1.92 bits per heavy atom. The van der Waals surface area contributed by atoms with Crippen LogP contribution in [0.1, 0.15) is 44.9 Å². The van der Waals surface area contributed by atoms with E-state index in [2.05, 4.69) is 5.32 Å². The molecule has 0 atom stereocenters. The molecule has 1 aliphatic rings. The van der Waals surface area contributed by atoms with E-state index in [1.54, 1.807) is 31.4 Å². The van der Waals surface area contributed by atoms with Gasteiger partial charge in [0.05, 0.1) is 13.4 Å². The Bertz CT molecular complexity index is 667. The first-order valence-electron chi connectivity index (χ1n) is 8.81. The number of nitrogens with one attached hydrogen (secondary N) is 1. The van der Waals surface area contributed by atoms with Gasteiger partial charge in [0.15, 0.2) is 0 Å². The molecule has 1 fully saturated rings. The number of ether oxygens (including phenoxy) is 1. The molecule has 1 amide bonds. The van der Waals surface area contributed by atoms with Crippen LogP contribution in [0.5, 0.6) is 5.75 Å². The first-order valence-corrected chi connectivity index (χ1v) is 10.7. The van der Waals surface area contributed by atoms with Crippen molar-refractivity contribution in [3.8, 4) is 5.75 Å². The second-order valence-corrected chi connectivity index (χ2v) is 8.48. The van der Waals surface area contributed by atoms with Crippen LogP contribution >= 0.6 is 0 Å². The van der Waals surface area contributed by atoms with Crippen molar-refractivity contribution in [2.45, 2.75) is 51.0 Å². The number of nitrogens with zero attached hydrogens (tertiary/aromatic N) is 1. The van der Waals surface area contributed by atoms with E-state index in [-0.39, 0.29) is 24.9 Å². The third-order valence-corrected chi connectivity index (χ3v) is 5.90. The molecule has 0 radical (unpaired) electrons. The zero-order valence-corrected chi connectivity index (χ0v) is 15.8. The van der Waals surface area contributed by atoms with Crippen LogP contribution in [0.4, 0.5) is 5.69 Å². The van der Waals surface area contributed by atoms with Crippen LogP contribution in [0.2, 0.25) is 0 Å². The summed E-state index contributed by atoms with van der Waals surface area (Å²) in [5.41, 5.74) is 0.643. The van der Waals surface area contributed by atoms with Gasteiger partial charge in [-0.1, -0.05) is 31.7 Å². The first kappa shape index (κ1) is 19.7. The van der Waals surface area contributed by atoms with Gasteiger partial charge in [0.1, 0.15) is 5.75 Å². The van der Waals surface area contributed by atoms with Gasteiger partial charge in [-0.05, 0) is 25.0 Å². The molecule has 0 bridgehead atoms. The predicted octanol–water partition coefficient (Wildman–Crippen LogP) is 3.01. The van der Waals surface area contributed by atoms with E-state index >= 15 is 0 Å². The largest absolute Gasteiger partial charge is 0.497 e. The maximum absolute atomic E-state index is 12.2. The average Bonchev–Trinajstić information content (AvgIpc) is 2.83. The first-order chi connectivity index (χ1) is 11.9. The molecule has 2 rings (SSSR count). The normalized spacial score (nSPS) is 16.4. The van der Waals surface area contributed by atoms with Gasteiger partial charge in [0.25, 0.3) is 0 Å². The van der Waals surface area contributed by atoms with Gasteiger partial charge in [0, 0.05) is 30.8 Å². The van der Waals surface area contributed by atoms with Crippen LogP contribution in [0.25, 0.3) is 0 Å². The molecule has 25 heavy (non-hydrogen) atoms. The highest BCUT2D eigenvalue weighted by Gasteiger charge is 2.27. The molecule has 1 N–H and O–H groups in total. The Morgan fingerprint density at radius 3 is 2.52 bits per heavy atom. The standard InChI is InChI=1S/C18H28N2O4S/c1-24-17-11-7-8-15(14-17)19-18(21)12-13-20(25(2,22)23)16-9-5-3-4-6-10-16/h7-8,11,14,16H,3-6,9-10,12-13H2,1-2H3,(H,19,21). The van der Waals surface area contributed by atoms with E-state index < -0.39 is 10.0 Å². The molecule has 0 unspecified atom stereocenters. The summed E-state index contributed by atoms with van der Waals surface area (Å²) >= 11 is 0. The molecular weight excluding hydrogens is 340 g/mol. The molecule has 1 aromatic rings. The highest BCUT2D eigenvalue weighted by Crippen LogP contribution is 2.24. The van der Waals surface area contributed by atoms with Crippen molar-refractivity contribution < 1.29 is 17.9 Å². The van der Waals surface area contributed by atoms with Crippen LogP contribution in [0.15, 0.2) is 24.3 Å². The van der Waals surface area contributed by atoms with Crippen molar-refractivity contribution in [3.63, 3.8) is 0 Å². The van der Waals surface area contributed by atoms with E-state index in [1.165, 1.54) is 10.6 Å². The van der Waals surface area contributed by atoms with Crippen molar-refractivity contribution in [2.24, 2.45) is 0 Å². The summed E-state index contributed by atoms with van der Waals surface area (Å²) in [6.07, 6.45) is 7.54. The maximum atomic E-state index is 12.2. The summed E-state index contributed by atoms with van der Waals surface area (Å²) < 4.78 is 31.0. The SMILES string of the molecule is COc1cccc(NC(=O)CCN(C2CCCCCC2)S(C)(=O)=O)c1. The van der Waals surface area contributed by atoms with Crippen LogP contribution < -0.4 is 10.1 Å². The molecule has 0 heterocycles. The summed E-state index contributed by atoms with van der Waals surface area (Å²) in [6, 6.07) is 7.12. The quantitative estimate of drug-likeness (QED) is 0.751. The van der Waals surface area contributed by atoms with Crippen molar-refractivity contribution >= 4 is 21.6 Å². The second-order valence-electron chi connectivity index (χ2n) is 6.55. The number of carbonyl (C=O) groups excluding carboxylic acids is 1. The third kappa shape index (κ3) is 6.32. The van der Waals surface area contributed by atoms with E-state index in [1.807, 2.05) is 0 Å². The lowest BCUT2D eigenvalue weighted by Gasteiger charge is -2.28. The molecule has 1 aromatic carbocycles. The smallest absolute Gasteiger partial charge is 0.225 e. The fraction of sp³-hybridized carbons (Fsp3) is 0.611. The topological polar surface area (TPSA) is 75.7 Å².